The predicted octanol–water partition coefficient (Wildman–Crippen LogP) is 3.06. The summed E-state index contributed by atoms with van der Waals surface area (Å²) in [6, 6.07) is 10.5. The van der Waals surface area contributed by atoms with Crippen molar-refractivity contribution in [2.45, 2.75) is 25.8 Å². The zero-order valence-corrected chi connectivity index (χ0v) is 12.9. The molecule has 0 bridgehead atoms. The Bertz CT molecular complexity index is 490. The topological polar surface area (TPSA) is 42.7 Å². The van der Waals surface area contributed by atoms with Crippen LogP contribution in [0.1, 0.15) is 31.5 Å². The molecule has 2 rings (SSSR count). The first-order valence-electron chi connectivity index (χ1n) is 7.05. The fourth-order valence-electron chi connectivity index (χ4n) is 2.16. The van der Waals surface area contributed by atoms with Crippen LogP contribution in [0.5, 0.6) is 0 Å². The van der Waals surface area contributed by atoms with E-state index in [1.54, 1.807) is 0 Å². The van der Waals surface area contributed by atoms with E-state index in [1.165, 1.54) is 0 Å². The van der Waals surface area contributed by atoms with Crippen molar-refractivity contribution < 1.29 is 0 Å². The molecule has 0 saturated carbocycles. The van der Waals surface area contributed by atoms with Crippen molar-refractivity contribution in [3.8, 4) is 5.69 Å². The maximum absolute atomic E-state index is 4.24. The molecule has 2 aromatic rings. The lowest BCUT2D eigenvalue weighted by molar-refractivity contribution is 0.497. The first-order valence-corrected chi connectivity index (χ1v) is 8.44. The van der Waals surface area contributed by atoms with E-state index in [-0.39, 0.29) is 0 Å². The minimum Gasteiger partial charge on any atom is -0.309 e. The van der Waals surface area contributed by atoms with Crippen molar-refractivity contribution in [2.24, 2.45) is 0 Å². The second-order valence-electron chi connectivity index (χ2n) is 4.69. The largest absolute Gasteiger partial charge is 0.309 e. The molecule has 0 saturated heterocycles. The normalized spacial score (nSPS) is 12.5. The maximum Gasteiger partial charge on any atom is 0.0815 e. The van der Waals surface area contributed by atoms with Crippen LogP contribution in [-0.4, -0.2) is 33.5 Å². The standard InChI is InChI=1S/C15H22N4S/c1-3-10-16-14(9-11-20-2)15-12-17-18-19(15)13-7-5-4-6-8-13/h4-8,12,14,16H,3,9-11H2,1-2H3. The van der Waals surface area contributed by atoms with Crippen molar-refractivity contribution in [1.29, 1.82) is 0 Å². The highest BCUT2D eigenvalue weighted by Gasteiger charge is 2.17. The van der Waals surface area contributed by atoms with Crippen LogP contribution in [0, 0.1) is 0 Å². The van der Waals surface area contributed by atoms with Gasteiger partial charge in [-0.15, -0.1) is 5.10 Å². The summed E-state index contributed by atoms with van der Waals surface area (Å²) in [5, 5.41) is 11.9. The summed E-state index contributed by atoms with van der Waals surface area (Å²) < 4.78 is 1.94. The van der Waals surface area contributed by atoms with E-state index >= 15 is 0 Å². The van der Waals surface area contributed by atoms with Crippen LogP contribution in [0.4, 0.5) is 0 Å². The first-order chi connectivity index (χ1) is 9.86. The minimum absolute atomic E-state index is 0.303. The van der Waals surface area contributed by atoms with Gasteiger partial charge in [0.1, 0.15) is 0 Å². The van der Waals surface area contributed by atoms with Crippen molar-refractivity contribution in [2.75, 3.05) is 18.6 Å². The summed E-state index contributed by atoms with van der Waals surface area (Å²) in [6.07, 6.45) is 6.23. The van der Waals surface area contributed by atoms with Crippen LogP contribution in [0.15, 0.2) is 36.5 Å². The lowest BCUT2D eigenvalue weighted by atomic mass is 10.1. The number of nitrogens with zero attached hydrogens (tertiary/aromatic N) is 3. The molecule has 1 aromatic heterocycles. The van der Waals surface area contributed by atoms with E-state index in [0.29, 0.717) is 6.04 Å². The molecule has 0 radical (unpaired) electrons. The van der Waals surface area contributed by atoms with Gasteiger partial charge < -0.3 is 5.32 Å². The van der Waals surface area contributed by atoms with Gasteiger partial charge >= 0.3 is 0 Å². The Balaban J connectivity index is 2.22. The Hall–Kier alpha value is -1.33. The van der Waals surface area contributed by atoms with E-state index in [0.717, 1.165) is 36.5 Å². The van der Waals surface area contributed by atoms with Gasteiger partial charge in [-0.2, -0.15) is 11.8 Å². The molecule has 1 atom stereocenters. The highest BCUT2D eigenvalue weighted by molar-refractivity contribution is 7.98. The fraction of sp³-hybridized carbons (Fsp3) is 0.467. The van der Waals surface area contributed by atoms with Crippen LogP contribution < -0.4 is 5.32 Å². The fourth-order valence-corrected chi connectivity index (χ4v) is 2.63. The Kier molecular flexibility index (Phi) is 6.08. The smallest absolute Gasteiger partial charge is 0.0815 e. The van der Waals surface area contributed by atoms with E-state index in [2.05, 4.69) is 40.9 Å². The van der Waals surface area contributed by atoms with Gasteiger partial charge in [0, 0.05) is 0 Å². The molecule has 1 unspecified atom stereocenters. The molecule has 0 aliphatic carbocycles. The second-order valence-corrected chi connectivity index (χ2v) is 5.68. The molecule has 0 aliphatic heterocycles. The lowest BCUT2D eigenvalue weighted by Gasteiger charge is -2.19. The molecule has 1 heterocycles. The van der Waals surface area contributed by atoms with Gasteiger partial charge in [-0.1, -0.05) is 30.3 Å². The quantitative estimate of drug-likeness (QED) is 0.811. The van der Waals surface area contributed by atoms with Gasteiger partial charge in [-0.05, 0) is 43.5 Å². The molecule has 0 amide bonds. The molecule has 5 heteroatoms. The third-order valence-corrected chi connectivity index (χ3v) is 3.83. The second kappa shape index (κ2) is 8.07. The molecule has 4 nitrogen and oxygen atoms in total. The number of para-hydroxylation sites is 1. The number of benzene rings is 1. The van der Waals surface area contributed by atoms with E-state index in [1.807, 2.05) is 40.8 Å². The average Bonchev–Trinajstić information content (AvgIpc) is 2.98. The summed E-state index contributed by atoms with van der Waals surface area (Å²) in [5.74, 6) is 1.13. The van der Waals surface area contributed by atoms with Crippen molar-refractivity contribution >= 4 is 11.8 Å². The lowest BCUT2D eigenvalue weighted by Crippen LogP contribution is -2.25. The van der Waals surface area contributed by atoms with Crippen molar-refractivity contribution in [3.05, 3.63) is 42.2 Å². The predicted molar refractivity (Wildman–Crippen MR) is 85.4 cm³/mol. The summed E-state index contributed by atoms with van der Waals surface area (Å²) >= 11 is 1.87. The van der Waals surface area contributed by atoms with Crippen LogP contribution in [-0.2, 0) is 0 Å². The minimum atomic E-state index is 0.303. The number of nitrogens with one attached hydrogen (secondary N) is 1. The summed E-state index contributed by atoms with van der Waals surface area (Å²) in [5.41, 5.74) is 2.20. The molecule has 1 N–H and O–H groups in total. The van der Waals surface area contributed by atoms with Crippen LogP contribution in [0.2, 0.25) is 0 Å². The SMILES string of the molecule is CCCNC(CCSC)c1cnnn1-c1ccccc1. The van der Waals surface area contributed by atoms with Crippen molar-refractivity contribution in [1.82, 2.24) is 20.3 Å². The number of hydrogen-bond acceptors (Lipinski definition) is 4. The maximum atomic E-state index is 4.24. The van der Waals surface area contributed by atoms with Crippen LogP contribution in [0.3, 0.4) is 0 Å². The number of aromatic nitrogens is 3. The molecule has 108 valence electrons. The van der Waals surface area contributed by atoms with Gasteiger partial charge in [-0.3, -0.25) is 0 Å². The zero-order valence-electron chi connectivity index (χ0n) is 12.1. The highest BCUT2D eigenvalue weighted by atomic mass is 32.2. The molecule has 0 fully saturated rings. The number of hydrogen-bond donors (Lipinski definition) is 1. The van der Waals surface area contributed by atoms with E-state index in [9.17, 15) is 0 Å². The molecule has 0 aliphatic rings. The highest BCUT2D eigenvalue weighted by Crippen LogP contribution is 2.20. The molecule has 20 heavy (non-hydrogen) atoms. The van der Waals surface area contributed by atoms with Gasteiger partial charge in [0.2, 0.25) is 0 Å². The first kappa shape index (κ1) is 15.1. The summed E-state index contributed by atoms with van der Waals surface area (Å²) in [6.45, 7) is 3.20. The van der Waals surface area contributed by atoms with Gasteiger partial charge in [0.25, 0.3) is 0 Å². The van der Waals surface area contributed by atoms with Gasteiger partial charge in [0.05, 0.1) is 23.6 Å². The Labute approximate surface area is 125 Å². The van der Waals surface area contributed by atoms with Gasteiger partial charge in [-0.25, -0.2) is 4.68 Å². The number of rotatable bonds is 8. The van der Waals surface area contributed by atoms with E-state index < -0.39 is 0 Å². The molecule has 0 spiro atoms. The molecule has 1 aromatic carbocycles. The Morgan fingerprint density at radius 1 is 1.30 bits per heavy atom. The van der Waals surface area contributed by atoms with E-state index in [4.69, 9.17) is 0 Å². The monoisotopic (exact) mass is 290 g/mol. The summed E-state index contributed by atoms with van der Waals surface area (Å²) in [4.78, 5) is 0. The van der Waals surface area contributed by atoms with Crippen LogP contribution in [0.25, 0.3) is 5.69 Å². The third-order valence-electron chi connectivity index (χ3n) is 3.18. The number of thioether (sulfide) groups is 1. The Morgan fingerprint density at radius 2 is 2.10 bits per heavy atom. The Morgan fingerprint density at radius 3 is 2.80 bits per heavy atom. The average molecular weight is 290 g/mol. The molecular weight excluding hydrogens is 268 g/mol. The third kappa shape index (κ3) is 3.84. The summed E-state index contributed by atoms with van der Waals surface area (Å²) in [7, 11) is 0. The van der Waals surface area contributed by atoms with Gasteiger partial charge in [0.15, 0.2) is 0 Å². The molecular formula is C15H22N4S. The van der Waals surface area contributed by atoms with Crippen molar-refractivity contribution in [3.63, 3.8) is 0 Å². The van der Waals surface area contributed by atoms with Crippen LogP contribution >= 0.6 is 11.8 Å². The zero-order chi connectivity index (χ0) is 14.2.